The van der Waals surface area contributed by atoms with Crippen LogP contribution in [0.2, 0.25) is 0 Å². The molecule has 0 heterocycles. The van der Waals surface area contributed by atoms with E-state index in [2.05, 4.69) is 0 Å². The first kappa shape index (κ1) is 394. The van der Waals surface area contributed by atoms with E-state index in [9.17, 15) is 0 Å². The molecule has 0 aliphatic rings. The minimum atomic E-state index is 0. The fourth-order valence-corrected chi connectivity index (χ4v) is 0. The van der Waals surface area contributed by atoms with Gasteiger partial charge in [0.25, 0.3) is 0 Å². The van der Waals surface area contributed by atoms with E-state index in [1.54, 1.807) is 0 Å². The molecule has 0 saturated heterocycles. The van der Waals surface area contributed by atoms with Crippen LogP contribution in [-0.2, 0) is 196 Å². The van der Waals surface area contributed by atoms with Gasteiger partial charge < -0.3 is 65.7 Å². The van der Waals surface area contributed by atoms with Gasteiger partial charge in [0.2, 0.25) is 0 Å². The molecule has 0 spiro atoms. The number of hydrogen-bond acceptors (Lipinski definition) is 12. The maximum Gasteiger partial charge on any atom is 3.00 e. The van der Waals surface area contributed by atoms with Gasteiger partial charge in [0.15, 0.2) is 0 Å². The van der Waals surface area contributed by atoms with Crippen molar-refractivity contribution in [1.29, 1.82) is 0 Å². The Kier molecular flexibility index (Phi) is 7190. The Morgan fingerprint density at radius 2 is 0.158 bits per heavy atom. The summed E-state index contributed by atoms with van der Waals surface area (Å²) in [7, 11) is 0. The van der Waals surface area contributed by atoms with Crippen LogP contribution in [0.15, 0.2) is 0 Å². The summed E-state index contributed by atoms with van der Waals surface area (Å²) < 4.78 is 0. The Hall–Kier alpha value is 6.08. The Bertz CT molecular complexity index is 24.9. The van der Waals surface area contributed by atoms with Crippen LogP contribution in [0, 0.1) is 0 Å². The van der Waals surface area contributed by atoms with Crippen LogP contribution in [0.4, 0.5) is 0 Å². The van der Waals surface area contributed by atoms with Gasteiger partial charge in [-0.3, -0.25) is 0 Å². The zero-order valence-corrected chi connectivity index (χ0v) is 25.2. The quantitative estimate of drug-likeness (QED) is 0.244. The van der Waals surface area contributed by atoms with Gasteiger partial charge in [-0.2, -0.15) is 0 Å². The summed E-state index contributed by atoms with van der Waals surface area (Å²) in [5.41, 5.74) is 0. The molecular formula is H12O12Ti3Y4. The molecule has 0 unspecified atom stereocenters. The van der Waals surface area contributed by atoms with Crippen LogP contribution in [-0.4, -0.2) is 65.7 Å². The van der Waals surface area contributed by atoms with E-state index in [0.29, 0.717) is 0 Å². The molecule has 0 aromatic rings. The van der Waals surface area contributed by atoms with E-state index < -0.39 is 0 Å². The van der Waals surface area contributed by atoms with Crippen molar-refractivity contribution in [3.63, 3.8) is 0 Å². The Morgan fingerprint density at radius 1 is 0.158 bits per heavy atom. The SMILES string of the molecule is [OH-].[OH-].[OH-].[OH-].[OH-].[OH-].[OH-].[OH-].[OH-].[OH-].[OH-].[OH-].[Ti].[Ti].[Ti].[Y+3].[Y+3].[Y+3].[Y+3]. The molecule has 0 aromatic heterocycles. The van der Waals surface area contributed by atoms with Gasteiger partial charge in [0.05, 0.1) is 0 Å². The molecule has 0 amide bonds. The van der Waals surface area contributed by atoms with Crippen molar-refractivity contribution in [3.8, 4) is 0 Å². The first-order valence-electron chi connectivity index (χ1n) is 0. The molecule has 12 N–H and O–H groups in total. The Labute approximate surface area is 256 Å². The van der Waals surface area contributed by atoms with E-state index in [0.717, 1.165) is 0 Å². The first-order chi connectivity index (χ1) is 0. The first-order valence-corrected chi connectivity index (χ1v) is 0. The minimum Gasteiger partial charge on any atom is -0.870 e. The molecule has 108 valence electrons. The minimum absolute atomic E-state index is 0. The molecule has 0 rings (SSSR count). The van der Waals surface area contributed by atoms with Crippen LogP contribution in [0.25, 0.3) is 0 Å². The second kappa shape index (κ2) is 347. The maximum absolute atomic E-state index is 0. The molecule has 0 fully saturated rings. The summed E-state index contributed by atoms with van der Waals surface area (Å²) in [4.78, 5) is 0. The number of rotatable bonds is 0. The van der Waals surface area contributed by atoms with Crippen molar-refractivity contribution < 1.29 is 262 Å². The molecular weight excluding hydrogens is 691 g/mol. The van der Waals surface area contributed by atoms with Gasteiger partial charge in [-0.15, -0.1) is 0 Å². The smallest absolute Gasteiger partial charge is 0.870 e. The summed E-state index contributed by atoms with van der Waals surface area (Å²) in [5.74, 6) is 0. The van der Waals surface area contributed by atoms with Crippen molar-refractivity contribution in [1.82, 2.24) is 0 Å². The molecule has 0 atom stereocenters. The van der Waals surface area contributed by atoms with Gasteiger partial charge >= 0.3 is 131 Å². The fourth-order valence-electron chi connectivity index (χ4n) is 0. The van der Waals surface area contributed by atoms with Gasteiger partial charge in [-0.05, 0) is 0 Å². The van der Waals surface area contributed by atoms with E-state index in [4.69, 9.17) is 0 Å². The molecule has 0 radical (unpaired) electrons. The standard InChI is InChI=1S/12H2O.3Ti.4Y/h12*1H2;;;;;;;/q;;;;;;;;;;;;;;;4*+3/p-12. The summed E-state index contributed by atoms with van der Waals surface area (Å²) >= 11 is 0. The summed E-state index contributed by atoms with van der Waals surface area (Å²) in [6.07, 6.45) is 0. The molecule has 12 nitrogen and oxygen atoms in total. The summed E-state index contributed by atoms with van der Waals surface area (Å²) in [6.45, 7) is 0. The maximum atomic E-state index is 0. The van der Waals surface area contributed by atoms with Crippen molar-refractivity contribution in [3.05, 3.63) is 0 Å². The zero-order chi connectivity index (χ0) is 0. The second-order valence-corrected chi connectivity index (χ2v) is 0. The fraction of sp³-hybridized carbons (Fsp3) is 0. The van der Waals surface area contributed by atoms with E-state index in [-0.39, 0.29) is 262 Å². The molecule has 0 bridgehead atoms. The Morgan fingerprint density at radius 3 is 0.158 bits per heavy atom. The molecule has 19 heteroatoms. The van der Waals surface area contributed by atoms with Crippen LogP contribution in [0.1, 0.15) is 0 Å². The largest absolute Gasteiger partial charge is 3.00 e. The normalized spacial score (nSPS) is 0. The Balaban J connectivity index is 0. The molecule has 0 aromatic carbocycles. The van der Waals surface area contributed by atoms with Gasteiger partial charge in [-0.1, -0.05) is 0 Å². The third-order valence-corrected chi connectivity index (χ3v) is 0. The van der Waals surface area contributed by atoms with Crippen LogP contribution >= 0.6 is 0 Å². The molecule has 0 aliphatic heterocycles. The van der Waals surface area contributed by atoms with Crippen molar-refractivity contribution >= 4 is 0 Å². The predicted octanol–water partition coefficient (Wildman–Crippen LogP) is -2.14. The van der Waals surface area contributed by atoms with Gasteiger partial charge in [0.1, 0.15) is 0 Å². The number of hydrogen-bond donors (Lipinski definition) is 0. The summed E-state index contributed by atoms with van der Waals surface area (Å²) in [6, 6.07) is 0. The van der Waals surface area contributed by atoms with Crippen molar-refractivity contribution in [2.75, 3.05) is 0 Å². The monoisotopic (exact) mass is 704 g/mol. The van der Waals surface area contributed by atoms with E-state index in [1.165, 1.54) is 0 Å². The third kappa shape index (κ3) is 318. The van der Waals surface area contributed by atoms with Gasteiger partial charge in [0, 0.05) is 65.2 Å². The second-order valence-electron chi connectivity index (χ2n) is 0. The van der Waals surface area contributed by atoms with Crippen molar-refractivity contribution in [2.45, 2.75) is 0 Å². The van der Waals surface area contributed by atoms with Gasteiger partial charge in [-0.25, -0.2) is 0 Å². The van der Waals surface area contributed by atoms with Crippen LogP contribution in [0.3, 0.4) is 0 Å². The summed E-state index contributed by atoms with van der Waals surface area (Å²) in [5, 5.41) is 0. The topological polar surface area (TPSA) is 360 Å². The molecule has 19 heavy (non-hydrogen) atoms. The zero-order valence-electron chi connectivity index (χ0n) is 9.18. The third-order valence-electron chi connectivity index (χ3n) is 0. The average Bonchev–Trinajstić information content (AvgIpc) is 0. The van der Waals surface area contributed by atoms with E-state index >= 15 is 0 Å². The average molecular weight is 703 g/mol. The van der Waals surface area contributed by atoms with Crippen LogP contribution in [0.5, 0.6) is 0 Å². The molecule has 0 aliphatic carbocycles. The molecule has 0 saturated carbocycles. The van der Waals surface area contributed by atoms with Crippen LogP contribution < -0.4 is 0 Å². The predicted molar refractivity (Wildman–Crippen MR) is 23.2 cm³/mol. The van der Waals surface area contributed by atoms with E-state index in [1.807, 2.05) is 0 Å². The van der Waals surface area contributed by atoms with Crippen molar-refractivity contribution in [2.24, 2.45) is 0 Å².